The first-order valence-electron chi connectivity index (χ1n) is 11.5. The lowest BCUT2D eigenvalue weighted by atomic mass is 10.0. The van der Waals surface area contributed by atoms with Crippen molar-refractivity contribution in [3.05, 3.63) is 80.3 Å². The number of nitrogens with one attached hydrogen (secondary N) is 1. The number of ether oxygens (including phenoxy) is 1. The van der Waals surface area contributed by atoms with Crippen LogP contribution in [0.25, 0.3) is 22.2 Å². The highest BCUT2D eigenvalue weighted by atomic mass is 127. The highest BCUT2D eigenvalue weighted by Crippen LogP contribution is 2.30. The zero-order valence-corrected chi connectivity index (χ0v) is 21.8. The first-order chi connectivity index (χ1) is 16.9. The molecule has 1 atom stereocenters. The normalized spacial score (nSPS) is 15.2. The molecule has 1 fully saturated rings. The molecule has 5 rings (SSSR count). The molecule has 35 heavy (non-hydrogen) atoms. The molecule has 0 bridgehead atoms. The predicted molar refractivity (Wildman–Crippen MR) is 145 cm³/mol. The molecule has 1 aliphatic rings. The van der Waals surface area contributed by atoms with E-state index in [1.807, 2.05) is 49.7 Å². The number of hydrogen-bond acceptors (Lipinski definition) is 5. The number of hydrogen-bond donors (Lipinski definition) is 1. The second-order valence-electron chi connectivity index (χ2n) is 9.03. The van der Waals surface area contributed by atoms with Gasteiger partial charge in [-0.2, -0.15) is 0 Å². The summed E-state index contributed by atoms with van der Waals surface area (Å²) in [6.45, 7) is 3.63. The summed E-state index contributed by atoms with van der Waals surface area (Å²) in [7, 11) is 3.89. The topological polar surface area (TPSA) is 66.4 Å². The van der Waals surface area contributed by atoms with Gasteiger partial charge < -0.3 is 24.1 Å². The first kappa shape index (κ1) is 24.0. The van der Waals surface area contributed by atoms with Crippen molar-refractivity contribution in [3.63, 3.8) is 0 Å². The van der Waals surface area contributed by atoms with Crippen molar-refractivity contribution in [3.8, 4) is 11.1 Å². The number of benzene rings is 1. The third-order valence-corrected chi connectivity index (χ3v) is 6.92. The molecule has 0 amide bonds. The van der Waals surface area contributed by atoms with Gasteiger partial charge in [-0.05, 0) is 78.1 Å². The Labute approximate surface area is 216 Å². The van der Waals surface area contributed by atoms with E-state index >= 15 is 0 Å². The molecule has 0 radical (unpaired) electrons. The standard InChI is InChI=1S/C26H27FIN5O2/c1-31(2)16-24(18-9-19(27)12-20(28)10-18)33-4-3-17(11-25(33)34)23-15-30-26-22(23)13-21(14-29-26)32-5-7-35-8-6-32/h3-4,9-15,24H,5-8,16H2,1-2H3,(H,29,30)/t24-/m1/s1. The summed E-state index contributed by atoms with van der Waals surface area (Å²) in [4.78, 5) is 25.4. The number of pyridine rings is 2. The lowest BCUT2D eigenvalue weighted by Crippen LogP contribution is -2.36. The Balaban J connectivity index is 1.53. The van der Waals surface area contributed by atoms with Crippen LogP contribution in [0.4, 0.5) is 10.1 Å². The minimum atomic E-state index is -0.312. The number of nitrogens with zero attached hydrogens (tertiary/aromatic N) is 4. The summed E-state index contributed by atoms with van der Waals surface area (Å²) < 4.78 is 22.1. The first-order valence-corrected chi connectivity index (χ1v) is 12.6. The molecule has 7 nitrogen and oxygen atoms in total. The van der Waals surface area contributed by atoms with Crippen LogP contribution >= 0.6 is 22.6 Å². The molecule has 0 unspecified atom stereocenters. The van der Waals surface area contributed by atoms with Crippen LogP contribution in [-0.4, -0.2) is 66.4 Å². The Hall–Kier alpha value is -2.76. The average molecular weight is 587 g/mol. The van der Waals surface area contributed by atoms with Gasteiger partial charge in [0.15, 0.2) is 0 Å². The average Bonchev–Trinajstić information content (AvgIpc) is 3.26. The highest BCUT2D eigenvalue weighted by Gasteiger charge is 2.19. The van der Waals surface area contributed by atoms with Crippen LogP contribution in [0.1, 0.15) is 11.6 Å². The molecule has 3 aromatic heterocycles. The maximum absolute atomic E-state index is 14.2. The fourth-order valence-electron chi connectivity index (χ4n) is 4.61. The van der Waals surface area contributed by atoms with Crippen LogP contribution in [0.5, 0.6) is 0 Å². The molecule has 4 heterocycles. The molecule has 0 saturated carbocycles. The minimum absolute atomic E-state index is 0.139. The Morgan fingerprint density at radius 2 is 2.00 bits per heavy atom. The third-order valence-electron chi connectivity index (χ3n) is 6.30. The van der Waals surface area contributed by atoms with Crippen molar-refractivity contribution >= 4 is 39.3 Å². The van der Waals surface area contributed by atoms with E-state index in [2.05, 4.69) is 43.5 Å². The Morgan fingerprint density at radius 1 is 1.20 bits per heavy atom. The van der Waals surface area contributed by atoms with Crippen LogP contribution in [-0.2, 0) is 4.74 Å². The highest BCUT2D eigenvalue weighted by molar-refractivity contribution is 14.1. The van der Waals surface area contributed by atoms with E-state index in [9.17, 15) is 9.18 Å². The van der Waals surface area contributed by atoms with Gasteiger partial charge in [-0.25, -0.2) is 9.37 Å². The monoisotopic (exact) mass is 587 g/mol. The summed E-state index contributed by atoms with van der Waals surface area (Å²) in [5.41, 5.74) is 4.19. The van der Waals surface area contributed by atoms with Crippen LogP contribution < -0.4 is 10.5 Å². The molecule has 9 heteroatoms. The van der Waals surface area contributed by atoms with E-state index in [-0.39, 0.29) is 17.4 Å². The number of fused-ring (bicyclic) bond motifs is 1. The smallest absolute Gasteiger partial charge is 0.251 e. The molecule has 1 saturated heterocycles. The SMILES string of the molecule is CN(C)C[C@H](c1cc(F)cc(I)c1)n1ccc(-c2c[nH]c3ncc(N4CCOCC4)cc23)cc1=O. The quantitative estimate of drug-likeness (QED) is 0.344. The molecule has 0 spiro atoms. The lowest BCUT2D eigenvalue weighted by Gasteiger charge is -2.28. The van der Waals surface area contributed by atoms with E-state index in [0.29, 0.717) is 19.8 Å². The van der Waals surface area contributed by atoms with Gasteiger partial charge in [-0.1, -0.05) is 0 Å². The second kappa shape index (κ2) is 10.1. The lowest BCUT2D eigenvalue weighted by molar-refractivity contribution is 0.122. The number of rotatable bonds is 6. The van der Waals surface area contributed by atoms with Gasteiger partial charge >= 0.3 is 0 Å². The van der Waals surface area contributed by atoms with E-state index in [0.717, 1.165) is 50.1 Å². The van der Waals surface area contributed by atoms with Gasteiger partial charge in [0, 0.05) is 52.6 Å². The van der Waals surface area contributed by atoms with Crippen LogP contribution in [0.15, 0.2) is 59.8 Å². The van der Waals surface area contributed by atoms with Crippen molar-refractivity contribution in [2.45, 2.75) is 6.04 Å². The summed E-state index contributed by atoms with van der Waals surface area (Å²) in [6, 6.07) is 10.3. The van der Waals surface area contributed by atoms with E-state index in [4.69, 9.17) is 4.74 Å². The molecule has 182 valence electrons. The van der Waals surface area contributed by atoms with E-state index < -0.39 is 0 Å². The van der Waals surface area contributed by atoms with E-state index in [1.54, 1.807) is 10.6 Å². The predicted octanol–water partition coefficient (Wildman–Crippen LogP) is 4.12. The Bertz CT molecular complexity index is 1390. The van der Waals surface area contributed by atoms with Crippen LogP contribution in [0, 0.1) is 9.39 Å². The fourth-order valence-corrected chi connectivity index (χ4v) is 5.26. The van der Waals surface area contributed by atoms with Crippen molar-refractivity contribution in [2.75, 3.05) is 51.8 Å². The molecular weight excluding hydrogens is 560 g/mol. The van der Waals surface area contributed by atoms with Gasteiger partial charge in [0.1, 0.15) is 11.5 Å². The van der Waals surface area contributed by atoms with Crippen molar-refractivity contribution < 1.29 is 9.13 Å². The van der Waals surface area contributed by atoms with Gasteiger partial charge in [0.05, 0.1) is 31.1 Å². The molecule has 1 N–H and O–H groups in total. The molecule has 4 aromatic rings. The van der Waals surface area contributed by atoms with E-state index in [1.165, 1.54) is 12.1 Å². The number of aromatic nitrogens is 3. The van der Waals surface area contributed by atoms with Crippen molar-refractivity contribution in [1.82, 2.24) is 19.4 Å². The number of anilines is 1. The summed E-state index contributed by atoms with van der Waals surface area (Å²) in [5, 5.41) is 0.968. The maximum Gasteiger partial charge on any atom is 0.251 e. The zero-order valence-electron chi connectivity index (χ0n) is 19.7. The largest absolute Gasteiger partial charge is 0.378 e. The molecule has 1 aliphatic heterocycles. The van der Waals surface area contributed by atoms with Crippen molar-refractivity contribution in [1.29, 1.82) is 0 Å². The summed E-state index contributed by atoms with van der Waals surface area (Å²) in [5.74, 6) is -0.303. The zero-order chi connectivity index (χ0) is 24.5. The number of morpholine rings is 1. The van der Waals surface area contributed by atoms with Gasteiger partial charge in [-0.3, -0.25) is 4.79 Å². The Kier molecular flexibility index (Phi) is 6.90. The number of H-pyrrole nitrogens is 1. The Morgan fingerprint density at radius 3 is 2.71 bits per heavy atom. The summed E-state index contributed by atoms with van der Waals surface area (Å²) >= 11 is 2.10. The molecule has 1 aromatic carbocycles. The number of halogens is 2. The number of aromatic amines is 1. The second-order valence-corrected chi connectivity index (χ2v) is 10.3. The van der Waals surface area contributed by atoms with Gasteiger partial charge in [0.25, 0.3) is 5.56 Å². The van der Waals surface area contributed by atoms with Gasteiger partial charge in [-0.15, -0.1) is 0 Å². The summed E-state index contributed by atoms with van der Waals surface area (Å²) in [6.07, 6.45) is 5.58. The van der Waals surface area contributed by atoms with Gasteiger partial charge in [0.2, 0.25) is 0 Å². The maximum atomic E-state index is 14.2. The minimum Gasteiger partial charge on any atom is -0.378 e. The molecule has 0 aliphatic carbocycles. The fraction of sp³-hybridized carbons (Fsp3) is 0.308. The molecular formula is C26H27FIN5O2. The third kappa shape index (κ3) is 5.12. The number of likely N-dealkylation sites (N-methyl/N-ethyl adjacent to an activating group) is 1. The van der Waals surface area contributed by atoms with Crippen molar-refractivity contribution in [2.24, 2.45) is 0 Å². The van der Waals surface area contributed by atoms with Crippen LogP contribution in [0.2, 0.25) is 0 Å². The van der Waals surface area contributed by atoms with Crippen LogP contribution in [0.3, 0.4) is 0 Å².